The summed E-state index contributed by atoms with van der Waals surface area (Å²) in [6, 6.07) is 4.19. The number of pyridine rings is 1. The van der Waals surface area contributed by atoms with Gasteiger partial charge in [-0.15, -0.1) is 11.3 Å². The molecule has 4 rings (SSSR count). The van der Waals surface area contributed by atoms with Gasteiger partial charge in [-0.1, -0.05) is 13.8 Å². The number of hydrogen-bond donors (Lipinski definition) is 0. The maximum atomic E-state index is 13.7. The summed E-state index contributed by atoms with van der Waals surface area (Å²) in [6.45, 7) is 14.8. The number of aromatic nitrogens is 3. The van der Waals surface area contributed by atoms with E-state index in [-0.39, 0.29) is 17.9 Å². The lowest BCUT2D eigenvalue weighted by Gasteiger charge is -2.35. The van der Waals surface area contributed by atoms with Gasteiger partial charge in [0.05, 0.1) is 22.8 Å². The number of hydrogen-bond acceptors (Lipinski definition) is 5. The van der Waals surface area contributed by atoms with Gasteiger partial charge in [0.15, 0.2) is 5.65 Å². The SMILES string of the molecule is Cc1cc(-c2cc(C(=O)N3CCN(C(=O)CCC(C)C)CC3)c3cnn(C(C)C)c3n2)c(C)s1. The van der Waals surface area contributed by atoms with E-state index in [1.54, 1.807) is 17.5 Å². The molecule has 2 amide bonds. The predicted octanol–water partition coefficient (Wildman–Crippen LogP) is 5.08. The van der Waals surface area contributed by atoms with Gasteiger partial charge in [0.2, 0.25) is 5.91 Å². The normalized spacial score (nSPS) is 14.6. The number of carbonyl (C=O) groups excluding carboxylic acids is 2. The maximum absolute atomic E-state index is 13.7. The molecule has 4 heterocycles. The van der Waals surface area contributed by atoms with E-state index in [0.29, 0.717) is 44.1 Å². The van der Waals surface area contributed by atoms with Crippen LogP contribution in [0.5, 0.6) is 0 Å². The zero-order chi connectivity index (χ0) is 24.6. The van der Waals surface area contributed by atoms with E-state index in [4.69, 9.17) is 4.98 Å². The first kappa shape index (κ1) is 24.4. The fraction of sp³-hybridized carbons (Fsp3) is 0.538. The largest absolute Gasteiger partial charge is 0.339 e. The molecule has 0 aromatic carbocycles. The monoisotopic (exact) mass is 481 g/mol. The van der Waals surface area contributed by atoms with Crippen molar-refractivity contribution < 1.29 is 9.59 Å². The summed E-state index contributed by atoms with van der Waals surface area (Å²) in [5.41, 5.74) is 3.24. The zero-order valence-electron chi connectivity index (χ0n) is 21.1. The summed E-state index contributed by atoms with van der Waals surface area (Å²) in [5, 5.41) is 5.33. The third-order valence-corrected chi connectivity index (χ3v) is 7.42. The minimum Gasteiger partial charge on any atom is -0.339 e. The van der Waals surface area contributed by atoms with Gasteiger partial charge < -0.3 is 9.80 Å². The highest BCUT2D eigenvalue weighted by Gasteiger charge is 2.27. The summed E-state index contributed by atoms with van der Waals surface area (Å²) < 4.78 is 1.88. The van der Waals surface area contributed by atoms with Crippen LogP contribution in [0.3, 0.4) is 0 Å². The molecule has 8 heteroatoms. The van der Waals surface area contributed by atoms with Crippen molar-refractivity contribution in [2.45, 2.75) is 60.4 Å². The lowest BCUT2D eigenvalue weighted by molar-refractivity contribution is -0.132. The molecule has 0 bridgehead atoms. The van der Waals surface area contributed by atoms with Gasteiger partial charge >= 0.3 is 0 Å². The number of piperazine rings is 1. The van der Waals surface area contributed by atoms with E-state index in [2.05, 4.69) is 52.7 Å². The lowest BCUT2D eigenvalue weighted by atomic mass is 10.1. The van der Waals surface area contributed by atoms with Crippen LogP contribution in [0, 0.1) is 19.8 Å². The van der Waals surface area contributed by atoms with Crippen LogP contribution >= 0.6 is 11.3 Å². The third kappa shape index (κ3) is 4.87. The molecule has 1 aliphatic heterocycles. The van der Waals surface area contributed by atoms with Gasteiger partial charge in [0, 0.05) is 54.0 Å². The number of carbonyl (C=O) groups is 2. The molecule has 3 aromatic rings. The molecule has 1 aliphatic rings. The first-order valence-electron chi connectivity index (χ1n) is 12.2. The number of thiophene rings is 1. The van der Waals surface area contributed by atoms with Gasteiger partial charge in [0.25, 0.3) is 5.91 Å². The van der Waals surface area contributed by atoms with Gasteiger partial charge in [-0.05, 0) is 52.2 Å². The van der Waals surface area contributed by atoms with Gasteiger partial charge in [-0.25, -0.2) is 9.67 Å². The Morgan fingerprint density at radius 1 is 1.03 bits per heavy atom. The molecule has 0 N–H and O–H groups in total. The van der Waals surface area contributed by atoms with E-state index < -0.39 is 0 Å². The van der Waals surface area contributed by atoms with Crippen molar-refractivity contribution in [3.05, 3.63) is 33.6 Å². The molecule has 1 saturated heterocycles. The molecule has 0 unspecified atom stereocenters. The maximum Gasteiger partial charge on any atom is 0.254 e. The van der Waals surface area contributed by atoms with Crippen LogP contribution in [0.4, 0.5) is 0 Å². The first-order chi connectivity index (χ1) is 16.2. The topological polar surface area (TPSA) is 71.3 Å². The highest BCUT2D eigenvalue weighted by molar-refractivity contribution is 7.12. The highest BCUT2D eigenvalue weighted by Crippen LogP contribution is 2.33. The van der Waals surface area contributed by atoms with Crippen molar-refractivity contribution in [2.24, 2.45) is 5.92 Å². The summed E-state index contributed by atoms with van der Waals surface area (Å²) in [4.78, 5) is 37.4. The molecule has 0 radical (unpaired) electrons. The Morgan fingerprint density at radius 3 is 2.29 bits per heavy atom. The number of rotatable bonds is 6. The Labute approximate surface area is 205 Å². The van der Waals surface area contributed by atoms with Crippen LogP contribution < -0.4 is 0 Å². The Morgan fingerprint density at radius 2 is 1.71 bits per heavy atom. The lowest BCUT2D eigenvalue weighted by Crippen LogP contribution is -2.50. The van der Waals surface area contributed by atoms with Crippen molar-refractivity contribution in [2.75, 3.05) is 26.2 Å². The molecule has 3 aromatic heterocycles. The van der Waals surface area contributed by atoms with E-state index >= 15 is 0 Å². The van der Waals surface area contributed by atoms with Crippen molar-refractivity contribution in [1.82, 2.24) is 24.6 Å². The van der Waals surface area contributed by atoms with Crippen molar-refractivity contribution >= 4 is 34.2 Å². The van der Waals surface area contributed by atoms with Crippen LogP contribution in [-0.4, -0.2) is 62.6 Å². The molecule has 0 saturated carbocycles. The smallest absolute Gasteiger partial charge is 0.254 e. The van der Waals surface area contributed by atoms with Crippen molar-refractivity contribution in [3.8, 4) is 11.3 Å². The second-order valence-corrected chi connectivity index (χ2v) is 11.4. The summed E-state index contributed by atoms with van der Waals surface area (Å²) in [6.07, 6.45) is 3.24. The van der Waals surface area contributed by atoms with Crippen molar-refractivity contribution in [3.63, 3.8) is 0 Å². The van der Waals surface area contributed by atoms with Gasteiger partial charge in [-0.2, -0.15) is 5.10 Å². The zero-order valence-corrected chi connectivity index (χ0v) is 21.9. The van der Waals surface area contributed by atoms with Gasteiger partial charge in [-0.3, -0.25) is 9.59 Å². The minimum absolute atomic E-state index is 0.0177. The first-order valence-corrected chi connectivity index (χ1v) is 13.0. The Kier molecular flexibility index (Phi) is 7.07. The second-order valence-electron chi connectivity index (χ2n) is 9.91. The van der Waals surface area contributed by atoms with Crippen LogP contribution in [0.1, 0.15) is 66.7 Å². The van der Waals surface area contributed by atoms with E-state index in [1.807, 2.05) is 20.5 Å². The fourth-order valence-corrected chi connectivity index (χ4v) is 5.43. The number of fused-ring (bicyclic) bond motifs is 1. The standard InChI is InChI=1S/C26H35N5O2S/c1-16(2)7-8-24(32)29-9-11-30(12-10-29)26(33)21-14-23(20-13-18(5)34-19(20)6)28-25-22(21)15-27-31(25)17(3)4/h13-17H,7-12H2,1-6H3. The fourth-order valence-electron chi connectivity index (χ4n) is 4.50. The van der Waals surface area contributed by atoms with E-state index in [0.717, 1.165) is 28.7 Å². The Hall–Kier alpha value is -2.74. The molecule has 182 valence electrons. The molecular weight excluding hydrogens is 446 g/mol. The number of nitrogens with zero attached hydrogens (tertiary/aromatic N) is 5. The third-order valence-electron chi connectivity index (χ3n) is 6.46. The predicted molar refractivity (Wildman–Crippen MR) is 137 cm³/mol. The molecule has 1 fully saturated rings. The van der Waals surface area contributed by atoms with Crippen LogP contribution in [0.15, 0.2) is 18.3 Å². The second kappa shape index (κ2) is 9.86. The average molecular weight is 482 g/mol. The van der Waals surface area contributed by atoms with Crippen LogP contribution in [0.2, 0.25) is 0 Å². The van der Waals surface area contributed by atoms with E-state index in [9.17, 15) is 9.59 Å². The van der Waals surface area contributed by atoms with E-state index in [1.165, 1.54) is 9.75 Å². The number of amides is 2. The summed E-state index contributed by atoms with van der Waals surface area (Å²) in [7, 11) is 0. The number of aryl methyl sites for hydroxylation is 2. The summed E-state index contributed by atoms with van der Waals surface area (Å²) in [5.74, 6) is 0.684. The average Bonchev–Trinajstić information content (AvgIpc) is 3.38. The molecule has 34 heavy (non-hydrogen) atoms. The minimum atomic E-state index is -0.0177. The van der Waals surface area contributed by atoms with Gasteiger partial charge in [0.1, 0.15) is 0 Å². The molecular formula is C26H35N5O2S. The summed E-state index contributed by atoms with van der Waals surface area (Å²) >= 11 is 1.74. The quantitative estimate of drug-likeness (QED) is 0.492. The molecule has 0 aliphatic carbocycles. The van der Waals surface area contributed by atoms with Crippen molar-refractivity contribution in [1.29, 1.82) is 0 Å². The van der Waals surface area contributed by atoms with Crippen LogP contribution in [-0.2, 0) is 4.79 Å². The Bertz CT molecular complexity index is 1200. The molecule has 0 spiro atoms. The highest BCUT2D eigenvalue weighted by atomic mass is 32.1. The van der Waals surface area contributed by atoms with Crippen LogP contribution in [0.25, 0.3) is 22.3 Å². The Balaban J connectivity index is 1.63. The molecule has 0 atom stereocenters. The molecule has 7 nitrogen and oxygen atoms in total.